The summed E-state index contributed by atoms with van der Waals surface area (Å²) in [7, 11) is 0. The minimum Gasteiger partial charge on any atom is -0.449 e. The zero-order valence-electron chi connectivity index (χ0n) is 18.0. The number of nitrogens with zero attached hydrogens (tertiary/aromatic N) is 5. The minimum absolute atomic E-state index is 0.137. The number of amides is 1. The van der Waals surface area contributed by atoms with E-state index in [2.05, 4.69) is 47.1 Å². The van der Waals surface area contributed by atoms with Crippen LogP contribution in [0.2, 0.25) is 0 Å². The van der Waals surface area contributed by atoms with Crippen molar-refractivity contribution in [3.8, 4) is 5.69 Å². The molecule has 0 saturated carbocycles. The quantitative estimate of drug-likeness (QED) is 0.774. The van der Waals surface area contributed by atoms with E-state index in [1.165, 1.54) is 17.5 Å². The number of carbonyl (C=O) groups excluding carboxylic acids is 1. The van der Waals surface area contributed by atoms with Crippen molar-refractivity contribution < 1.29 is 9.53 Å². The van der Waals surface area contributed by atoms with Crippen LogP contribution in [0.15, 0.2) is 30.6 Å². The number of aromatic nitrogens is 3. The van der Waals surface area contributed by atoms with Crippen LogP contribution in [0, 0.1) is 11.3 Å². The van der Waals surface area contributed by atoms with Crippen LogP contribution in [0.1, 0.15) is 50.3 Å². The first-order valence-corrected chi connectivity index (χ1v) is 11.2. The van der Waals surface area contributed by atoms with E-state index in [1.807, 2.05) is 4.90 Å². The summed E-state index contributed by atoms with van der Waals surface area (Å²) in [5.74, 6) is 0.381. The molecule has 2 fully saturated rings. The van der Waals surface area contributed by atoms with Gasteiger partial charge in [-0.15, -0.1) is 0 Å². The van der Waals surface area contributed by atoms with Crippen molar-refractivity contribution in [3.05, 3.63) is 41.7 Å². The Hall–Kier alpha value is -2.41. The second-order valence-corrected chi connectivity index (χ2v) is 9.62. The van der Waals surface area contributed by atoms with Crippen LogP contribution in [0.25, 0.3) is 5.69 Å². The van der Waals surface area contributed by atoms with Crippen molar-refractivity contribution in [1.82, 2.24) is 24.8 Å². The molecule has 7 heteroatoms. The highest BCUT2D eigenvalue weighted by Gasteiger charge is 2.48. The monoisotopic (exact) mass is 409 g/mol. The Morgan fingerprint density at radius 1 is 1.20 bits per heavy atom. The Bertz CT molecular complexity index is 894. The lowest BCUT2D eigenvalue weighted by Crippen LogP contribution is -2.61. The maximum Gasteiger partial charge on any atom is 0.409 e. The fourth-order valence-electron chi connectivity index (χ4n) is 5.28. The van der Waals surface area contributed by atoms with Gasteiger partial charge in [0.2, 0.25) is 0 Å². The third-order valence-corrected chi connectivity index (χ3v) is 6.96. The van der Waals surface area contributed by atoms with Crippen molar-refractivity contribution in [2.45, 2.75) is 45.6 Å². The lowest BCUT2D eigenvalue weighted by atomic mass is 9.71. The maximum absolute atomic E-state index is 12.2. The molecule has 1 aliphatic carbocycles. The highest BCUT2D eigenvalue weighted by atomic mass is 16.6. The number of rotatable bonds is 4. The van der Waals surface area contributed by atoms with Crippen LogP contribution < -0.4 is 0 Å². The van der Waals surface area contributed by atoms with Gasteiger partial charge >= 0.3 is 6.09 Å². The summed E-state index contributed by atoms with van der Waals surface area (Å²) in [5, 5.41) is 8.49. The second kappa shape index (κ2) is 7.69. The van der Waals surface area contributed by atoms with Gasteiger partial charge in [-0.2, -0.15) is 15.0 Å². The molecule has 5 rings (SSSR count). The van der Waals surface area contributed by atoms with E-state index in [-0.39, 0.29) is 6.09 Å². The van der Waals surface area contributed by atoms with Gasteiger partial charge in [0.1, 0.15) is 0 Å². The van der Waals surface area contributed by atoms with Crippen LogP contribution in [0.4, 0.5) is 4.79 Å². The van der Waals surface area contributed by atoms with E-state index < -0.39 is 0 Å². The lowest BCUT2D eigenvalue weighted by molar-refractivity contribution is -0.0681. The number of aryl methyl sites for hydroxylation is 1. The van der Waals surface area contributed by atoms with Crippen LogP contribution in [-0.4, -0.2) is 63.7 Å². The number of likely N-dealkylation sites (tertiary alicyclic amines) is 2. The average molecular weight is 410 g/mol. The first kappa shape index (κ1) is 19.5. The number of carbonyl (C=O) groups is 1. The molecule has 1 aromatic heterocycles. The van der Waals surface area contributed by atoms with Crippen molar-refractivity contribution in [2.24, 2.45) is 11.3 Å². The molecule has 0 bridgehead atoms. The fraction of sp³-hybridized carbons (Fsp3) is 0.609. The number of hydrogen-bond donors (Lipinski definition) is 0. The zero-order valence-corrected chi connectivity index (χ0v) is 18.0. The SMILES string of the molecule is CC(C)COC(=O)N1CCC2(CC1)CN([C@@H]1CCc3cc(-n4nccn4)ccc31)C2. The number of piperidine rings is 1. The molecule has 3 aliphatic rings. The molecule has 3 heterocycles. The molecule has 0 unspecified atom stereocenters. The van der Waals surface area contributed by atoms with Gasteiger partial charge in [-0.25, -0.2) is 4.79 Å². The number of hydrogen-bond acceptors (Lipinski definition) is 5. The molecule has 30 heavy (non-hydrogen) atoms. The molecule has 0 radical (unpaired) electrons. The molecule has 2 aromatic rings. The molecule has 1 amide bonds. The van der Waals surface area contributed by atoms with Gasteiger partial charge in [-0.1, -0.05) is 19.9 Å². The Labute approximate surface area is 178 Å². The molecule has 2 aliphatic heterocycles. The van der Waals surface area contributed by atoms with E-state index in [1.54, 1.807) is 17.2 Å². The van der Waals surface area contributed by atoms with E-state index in [4.69, 9.17) is 4.74 Å². The third kappa shape index (κ3) is 3.60. The third-order valence-electron chi connectivity index (χ3n) is 6.96. The van der Waals surface area contributed by atoms with Gasteiger partial charge in [0.15, 0.2) is 0 Å². The van der Waals surface area contributed by atoms with Gasteiger partial charge in [0.25, 0.3) is 0 Å². The average Bonchev–Trinajstić information content (AvgIpc) is 3.40. The van der Waals surface area contributed by atoms with E-state index in [0.717, 1.165) is 51.1 Å². The molecular weight excluding hydrogens is 378 g/mol. The van der Waals surface area contributed by atoms with E-state index in [9.17, 15) is 4.79 Å². The summed E-state index contributed by atoms with van der Waals surface area (Å²) < 4.78 is 5.41. The molecule has 2 saturated heterocycles. The Morgan fingerprint density at radius 3 is 2.63 bits per heavy atom. The fourth-order valence-corrected chi connectivity index (χ4v) is 5.28. The van der Waals surface area contributed by atoms with Gasteiger partial charge in [0.05, 0.1) is 24.7 Å². The van der Waals surface area contributed by atoms with Crippen LogP contribution >= 0.6 is 0 Å². The summed E-state index contributed by atoms with van der Waals surface area (Å²) in [6.07, 6.45) is 7.77. The molecular formula is C23H31N5O2. The second-order valence-electron chi connectivity index (χ2n) is 9.62. The highest BCUT2D eigenvalue weighted by molar-refractivity contribution is 5.67. The normalized spacial score (nSPS) is 22.9. The highest BCUT2D eigenvalue weighted by Crippen LogP contribution is 2.47. The molecule has 1 spiro atoms. The lowest BCUT2D eigenvalue weighted by Gasteiger charge is -2.56. The molecule has 1 aromatic carbocycles. The summed E-state index contributed by atoms with van der Waals surface area (Å²) in [6.45, 7) is 8.59. The number of ether oxygens (including phenoxy) is 1. The van der Waals surface area contributed by atoms with Crippen LogP contribution in [0.3, 0.4) is 0 Å². The van der Waals surface area contributed by atoms with Crippen LogP contribution in [-0.2, 0) is 11.2 Å². The number of benzene rings is 1. The summed E-state index contributed by atoms with van der Waals surface area (Å²) in [4.78, 5) is 18.5. The number of fused-ring (bicyclic) bond motifs is 1. The summed E-state index contributed by atoms with van der Waals surface area (Å²) in [6, 6.07) is 7.17. The van der Waals surface area contributed by atoms with Crippen molar-refractivity contribution in [3.63, 3.8) is 0 Å². The summed E-state index contributed by atoms with van der Waals surface area (Å²) >= 11 is 0. The van der Waals surface area contributed by atoms with Gasteiger partial charge in [-0.05, 0) is 60.3 Å². The van der Waals surface area contributed by atoms with Crippen LogP contribution in [0.5, 0.6) is 0 Å². The van der Waals surface area contributed by atoms with Gasteiger partial charge in [-0.3, -0.25) is 4.90 Å². The van der Waals surface area contributed by atoms with E-state index >= 15 is 0 Å². The van der Waals surface area contributed by atoms with Gasteiger partial charge < -0.3 is 9.64 Å². The van der Waals surface area contributed by atoms with Crippen molar-refractivity contribution >= 4 is 6.09 Å². The Balaban J connectivity index is 1.16. The van der Waals surface area contributed by atoms with Crippen molar-refractivity contribution in [1.29, 1.82) is 0 Å². The Kier molecular flexibility index (Phi) is 5.01. The smallest absolute Gasteiger partial charge is 0.409 e. The Morgan fingerprint density at radius 2 is 1.93 bits per heavy atom. The predicted molar refractivity (Wildman–Crippen MR) is 113 cm³/mol. The van der Waals surface area contributed by atoms with Crippen molar-refractivity contribution in [2.75, 3.05) is 32.8 Å². The first-order chi connectivity index (χ1) is 14.5. The van der Waals surface area contributed by atoms with Gasteiger partial charge in [0, 0.05) is 32.2 Å². The molecule has 7 nitrogen and oxygen atoms in total. The molecule has 160 valence electrons. The molecule has 1 atom stereocenters. The summed E-state index contributed by atoms with van der Waals surface area (Å²) in [5.41, 5.74) is 4.32. The minimum atomic E-state index is -0.137. The van der Waals surface area contributed by atoms with E-state index in [0.29, 0.717) is 24.0 Å². The predicted octanol–water partition coefficient (Wildman–Crippen LogP) is 3.45. The molecule has 0 N–H and O–H groups in total. The first-order valence-electron chi connectivity index (χ1n) is 11.2. The maximum atomic E-state index is 12.2. The topological polar surface area (TPSA) is 63.5 Å². The largest absolute Gasteiger partial charge is 0.449 e. The standard InChI is InChI=1S/C23H31N5O2/c1-17(2)14-30-22(29)26-11-7-23(8-12-26)15-27(16-23)21-6-3-18-13-19(4-5-20(18)21)28-24-9-10-25-28/h4-5,9-10,13,17,21H,3,6-8,11-12,14-16H2,1-2H3/t21-/m1/s1. The zero-order chi connectivity index (χ0) is 20.7.